The smallest absolute Gasteiger partial charge is 0.225 e. The third-order valence-corrected chi connectivity index (χ3v) is 7.55. The SMILES string of the molecule is Cc1ccc(Cl)cc1N1CCN(C(=O)C2CCN(Cc3cccc4ccccc34)CC2)CC1. The summed E-state index contributed by atoms with van der Waals surface area (Å²) in [4.78, 5) is 20.2. The van der Waals surface area contributed by atoms with Gasteiger partial charge in [0.25, 0.3) is 0 Å². The summed E-state index contributed by atoms with van der Waals surface area (Å²) in [5, 5.41) is 3.41. The molecule has 0 N–H and O–H groups in total. The largest absolute Gasteiger partial charge is 0.368 e. The van der Waals surface area contributed by atoms with Crippen LogP contribution in [0.15, 0.2) is 60.7 Å². The summed E-state index contributed by atoms with van der Waals surface area (Å²) >= 11 is 6.21. The molecule has 3 aromatic rings. The summed E-state index contributed by atoms with van der Waals surface area (Å²) in [6.07, 6.45) is 1.91. The number of piperazine rings is 1. The number of nitrogens with zero attached hydrogens (tertiary/aromatic N) is 3. The first-order valence-corrected chi connectivity index (χ1v) is 12.5. The van der Waals surface area contributed by atoms with Crippen molar-refractivity contribution in [3.8, 4) is 0 Å². The molecule has 0 spiro atoms. The van der Waals surface area contributed by atoms with E-state index >= 15 is 0 Å². The molecule has 1 amide bonds. The van der Waals surface area contributed by atoms with Crippen LogP contribution in [0.2, 0.25) is 5.02 Å². The molecule has 5 heteroatoms. The lowest BCUT2D eigenvalue weighted by molar-refractivity contribution is -0.137. The summed E-state index contributed by atoms with van der Waals surface area (Å²) in [7, 11) is 0. The molecule has 2 saturated heterocycles. The normalized spacial score (nSPS) is 18.1. The van der Waals surface area contributed by atoms with Gasteiger partial charge in [0.15, 0.2) is 0 Å². The molecule has 0 saturated carbocycles. The highest BCUT2D eigenvalue weighted by Crippen LogP contribution is 2.27. The number of fused-ring (bicyclic) bond motifs is 1. The lowest BCUT2D eigenvalue weighted by atomic mass is 9.94. The van der Waals surface area contributed by atoms with Gasteiger partial charge >= 0.3 is 0 Å². The van der Waals surface area contributed by atoms with Crippen molar-refractivity contribution in [2.75, 3.05) is 44.2 Å². The number of benzene rings is 3. The number of piperidine rings is 1. The maximum atomic E-state index is 13.2. The molecule has 2 fully saturated rings. The number of aryl methyl sites for hydroxylation is 1. The summed E-state index contributed by atoms with van der Waals surface area (Å²) in [5.41, 5.74) is 3.80. The van der Waals surface area contributed by atoms with E-state index in [1.54, 1.807) is 0 Å². The highest BCUT2D eigenvalue weighted by Gasteiger charge is 2.30. The van der Waals surface area contributed by atoms with E-state index in [2.05, 4.69) is 70.2 Å². The molecular formula is C28H32ClN3O. The van der Waals surface area contributed by atoms with E-state index in [-0.39, 0.29) is 5.92 Å². The molecule has 5 rings (SSSR count). The fourth-order valence-corrected chi connectivity index (χ4v) is 5.52. The lowest BCUT2D eigenvalue weighted by Gasteiger charge is -2.39. The van der Waals surface area contributed by atoms with E-state index in [1.165, 1.54) is 27.6 Å². The van der Waals surface area contributed by atoms with Gasteiger partial charge in [-0.1, -0.05) is 60.1 Å². The Kier molecular flexibility index (Phi) is 6.57. The Labute approximate surface area is 201 Å². The second-order valence-electron chi connectivity index (χ2n) is 9.43. The Bertz CT molecular complexity index is 1130. The number of carbonyl (C=O) groups is 1. The zero-order valence-corrected chi connectivity index (χ0v) is 20.1. The molecule has 0 aliphatic carbocycles. The standard InChI is InChI=1S/C28H32ClN3O/c1-21-9-10-25(29)19-27(21)31-15-17-32(18-16-31)28(33)23-11-13-30(14-12-23)20-24-7-4-6-22-5-2-3-8-26(22)24/h2-10,19,23H,11-18,20H2,1H3. The third kappa shape index (κ3) is 4.87. The Hall–Kier alpha value is -2.56. The van der Waals surface area contributed by atoms with Gasteiger partial charge in [-0.25, -0.2) is 0 Å². The van der Waals surface area contributed by atoms with Gasteiger partial charge in [-0.05, 0) is 66.9 Å². The second kappa shape index (κ2) is 9.74. The highest BCUT2D eigenvalue weighted by molar-refractivity contribution is 6.30. The molecule has 33 heavy (non-hydrogen) atoms. The Morgan fingerprint density at radius 1 is 0.909 bits per heavy atom. The van der Waals surface area contributed by atoms with Gasteiger partial charge in [-0.15, -0.1) is 0 Å². The Morgan fingerprint density at radius 3 is 2.42 bits per heavy atom. The van der Waals surface area contributed by atoms with Crippen molar-refractivity contribution < 1.29 is 4.79 Å². The molecule has 2 aliphatic rings. The summed E-state index contributed by atoms with van der Waals surface area (Å²) in [5.74, 6) is 0.510. The number of rotatable bonds is 4. The second-order valence-corrected chi connectivity index (χ2v) is 9.87. The van der Waals surface area contributed by atoms with E-state index in [9.17, 15) is 4.79 Å². The van der Waals surface area contributed by atoms with Crippen molar-refractivity contribution in [2.45, 2.75) is 26.3 Å². The van der Waals surface area contributed by atoms with Gasteiger partial charge < -0.3 is 9.80 Å². The predicted molar refractivity (Wildman–Crippen MR) is 137 cm³/mol. The number of carbonyl (C=O) groups excluding carboxylic acids is 1. The minimum absolute atomic E-state index is 0.160. The molecule has 0 unspecified atom stereocenters. The number of likely N-dealkylation sites (tertiary alicyclic amines) is 1. The molecule has 2 aliphatic heterocycles. The molecule has 0 aromatic heterocycles. The first-order valence-electron chi connectivity index (χ1n) is 12.1. The number of anilines is 1. The van der Waals surface area contributed by atoms with Crippen molar-refractivity contribution in [2.24, 2.45) is 5.92 Å². The van der Waals surface area contributed by atoms with Crippen molar-refractivity contribution in [3.05, 3.63) is 76.8 Å². The molecule has 0 radical (unpaired) electrons. The average molecular weight is 462 g/mol. The quantitative estimate of drug-likeness (QED) is 0.523. The fraction of sp³-hybridized carbons (Fsp3) is 0.393. The van der Waals surface area contributed by atoms with Gasteiger partial charge in [0.2, 0.25) is 5.91 Å². The van der Waals surface area contributed by atoms with Crippen molar-refractivity contribution in [3.63, 3.8) is 0 Å². The summed E-state index contributed by atoms with van der Waals surface area (Å²) in [6.45, 7) is 8.37. The number of hydrogen-bond donors (Lipinski definition) is 0. The van der Waals surface area contributed by atoms with Crippen LogP contribution in [-0.4, -0.2) is 55.0 Å². The van der Waals surface area contributed by atoms with Crippen molar-refractivity contribution in [1.29, 1.82) is 0 Å². The van der Waals surface area contributed by atoms with Crippen LogP contribution in [0.1, 0.15) is 24.0 Å². The van der Waals surface area contributed by atoms with E-state index in [0.29, 0.717) is 5.91 Å². The zero-order valence-electron chi connectivity index (χ0n) is 19.3. The molecule has 0 atom stereocenters. The van der Waals surface area contributed by atoms with Gasteiger partial charge in [0, 0.05) is 49.4 Å². The molecule has 4 nitrogen and oxygen atoms in total. The first kappa shape index (κ1) is 22.2. The van der Waals surface area contributed by atoms with E-state index in [4.69, 9.17) is 11.6 Å². The molecule has 3 aromatic carbocycles. The van der Waals surface area contributed by atoms with Gasteiger partial charge in [-0.3, -0.25) is 9.69 Å². The number of hydrogen-bond acceptors (Lipinski definition) is 3. The highest BCUT2D eigenvalue weighted by atomic mass is 35.5. The average Bonchev–Trinajstić information content (AvgIpc) is 2.86. The Balaban J connectivity index is 1.14. The minimum Gasteiger partial charge on any atom is -0.368 e. The predicted octanol–water partition coefficient (Wildman–Crippen LogP) is 5.36. The van der Waals surface area contributed by atoms with E-state index in [0.717, 1.165) is 63.7 Å². The maximum Gasteiger partial charge on any atom is 0.225 e. The van der Waals surface area contributed by atoms with Crippen LogP contribution in [0.25, 0.3) is 10.8 Å². The molecule has 2 heterocycles. The van der Waals surface area contributed by atoms with Crippen LogP contribution >= 0.6 is 11.6 Å². The minimum atomic E-state index is 0.160. The zero-order chi connectivity index (χ0) is 22.8. The topological polar surface area (TPSA) is 26.8 Å². The van der Waals surface area contributed by atoms with Gasteiger partial charge in [0.05, 0.1) is 0 Å². The molecule has 0 bridgehead atoms. The summed E-state index contributed by atoms with van der Waals surface area (Å²) in [6, 6.07) is 21.2. The fourth-order valence-electron chi connectivity index (χ4n) is 5.36. The summed E-state index contributed by atoms with van der Waals surface area (Å²) < 4.78 is 0. The van der Waals surface area contributed by atoms with Gasteiger partial charge in [0.1, 0.15) is 0 Å². The number of amides is 1. The van der Waals surface area contributed by atoms with Crippen LogP contribution in [0.3, 0.4) is 0 Å². The van der Waals surface area contributed by atoms with Crippen molar-refractivity contribution >= 4 is 34.0 Å². The third-order valence-electron chi connectivity index (χ3n) is 7.31. The van der Waals surface area contributed by atoms with Crippen LogP contribution in [0.4, 0.5) is 5.69 Å². The first-order chi connectivity index (χ1) is 16.1. The van der Waals surface area contributed by atoms with E-state index < -0.39 is 0 Å². The Morgan fingerprint density at radius 2 is 1.64 bits per heavy atom. The molecular weight excluding hydrogens is 430 g/mol. The maximum absolute atomic E-state index is 13.2. The number of halogens is 1. The van der Waals surface area contributed by atoms with Crippen LogP contribution < -0.4 is 4.90 Å². The molecule has 172 valence electrons. The monoisotopic (exact) mass is 461 g/mol. The lowest BCUT2D eigenvalue weighted by Crippen LogP contribution is -2.51. The van der Waals surface area contributed by atoms with Crippen LogP contribution in [0.5, 0.6) is 0 Å². The van der Waals surface area contributed by atoms with Crippen LogP contribution in [-0.2, 0) is 11.3 Å². The van der Waals surface area contributed by atoms with Crippen LogP contribution in [0, 0.1) is 12.8 Å². The van der Waals surface area contributed by atoms with Crippen molar-refractivity contribution in [1.82, 2.24) is 9.80 Å². The van der Waals surface area contributed by atoms with Gasteiger partial charge in [-0.2, -0.15) is 0 Å². The van der Waals surface area contributed by atoms with E-state index in [1.807, 2.05) is 12.1 Å².